The second-order valence-corrected chi connectivity index (χ2v) is 6.37. The first-order chi connectivity index (χ1) is 12.8. The molecule has 2 aromatic carbocycles. The molecular formula is C21H24N2O4. The standard InChI is InChI=1S/C21H24N2O4/c1-13-6-5-7-14(2)20(13)23-19(25)12-22-21(26)16(4)27-18-10-8-17(9-11-18)15(3)24/h5-11,16H,12H2,1-4H3,(H,22,26)(H,23,25)/t16-/m1/s1. The van der Waals surface area contributed by atoms with Gasteiger partial charge in [0.2, 0.25) is 5.91 Å². The Morgan fingerprint density at radius 3 is 2.15 bits per heavy atom. The number of benzene rings is 2. The average Bonchev–Trinajstić information content (AvgIpc) is 2.63. The van der Waals surface area contributed by atoms with Gasteiger partial charge in [0, 0.05) is 11.3 Å². The van der Waals surface area contributed by atoms with Gasteiger partial charge in [-0.05, 0) is 63.1 Å². The summed E-state index contributed by atoms with van der Waals surface area (Å²) in [6.07, 6.45) is -0.777. The van der Waals surface area contributed by atoms with E-state index in [0.717, 1.165) is 16.8 Å². The molecule has 1 atom stereocenters. The van der Waals surface area contributed by atoms with Crippen LogP contribution in [0.5, 0.6) is 5.75 Å². The van der Waals surface area contributed by atoms with E-state index >= 15 is 0 Å². The molecule has 2 N–H and O–H groups in total. The smallest absolute Gasteiger partial charge is 0.261 e. The second-order valence-electron chi connectivity index (χ2n) is 6.37. The predicted molar refractivity (Wildman–Crippen MR) is 104 cm³/mol. The number of carbonyl (C=O) groups excluding carboxylic acids is 3. The number of anilines is 1. The molecular weight excluding hydrogens is 344 g/mol. The first kappa shape index (κ1) is 20.2. The van der Waals surface area contributed by atoms with E-state index in [1.165, 1.54) is 6.92 Å². The summed E-state index contributed by atoms with van der Waals surface area (Å²) in [5.74, 6) is -0.272. The zero-order valence-corrected chi connectivity index (χ0v) is 16.0. The molecule has 27 heavy (non-hydrogen) atoms. The molecule has 0 aliphatic carbocycles. The van der Waals surface area contributed by atoms with Crippen molar-refractivity contribution in [2.75, 3.05) is 11.9 Å². The fourth-order valence-corrected chi connectivity index (χ4v) is 2.53. The van der Waals surface area contributed by atoms with E-state index in [1.807, 2.05) is 32.0 Å². The number of hydrogen-bond donors (Lipinski definition) is 2. The number of ketones is 1. The highest BCUT2D eigenvalue weighted by Gasteiger charge is 2.16. The highest BCUT2D eigenvalue weighted by molar-refractivity contribution is 5.96. The van der Waals surface area contributed by atoms with Crippen molar-refractivity contribution in [1.29, 1.82) is 0 Å². The number of nitrogens with one attached hydrogen (secondary N) is 2. The van der Waals surface area contributed by atoms with Crippen LogP contribution in [0.3, 0.4) is 0 Å². The summed E-state index contributed by atoms with van der Waals surface area (Å²) in [6.45, 7) is 6.75. The van der Waals surface area contributed by atoms with Gasteiger partial charge in [-0.25, -0.2) is 0 Å². The molecule has 0 aliphatic heterocycles. The molecule has 0 unspecified atom stereocenters. The van der Waals surface area contributed by atoms with Gasteiger partial charge in [0.05, 0.1) is 6.54 Å². The number of amides is 2. The van der Waals surface area contributed by atoms with E-state index in [4.69, 9.17) is 4.74 Å². The van der Waals surface area contributed by atoms with Crippen LogP contribution in [0.2, 0.25) is 0 Å². The van der Waals surface area contributed by atoms with Crippen molar-refractivity contribution in [2.24, 2.45) is 0 Å². The van der Waals surface area contributed by atoms with Gasteiger partial charge in [0.1, 0.15) is 5.75 Å². The largest absolute Gasteiger partial charge is 0.481 e. The maximum Gasteiger partial charge on any atom is 0.261 e. The predicted octanol–water partition coefficient (Wildman–Crippen LogP) is 3.03. The van der Waals surface area contributed by atoms with Crippen LogP contribution in [-0.4, -0.2) is 30.2 Å². The van der Waals surface area contributed by atoms with Crippen molar-refractivity contribution in [3.05, 3.63) is 59.2 Å². The zero-order valence-electron chi connectivity index (χ0n) is 16.0. The van der Waals surface area contributed by atoms with Crippen molar-refractivity contribution >= 4 is 23.3 Å². The molecule has 0 aromatic heterocycles. The van der Waals surface area contributed by atoms with Gasteiger partial charge in [-0.15, -0.1) is 0 Å². The van der Waals surface area contributed by atoms with E-state index in [0.29, 0.717) is 11.3 Å². The van der Waals surface area contributed by atoms with Gasteiger partial charge in [-0.1, -0.05) is 18.2 Å². The minimum Gasteiger partial charge on any atom is -0.481 e. The number of para-hydroxylation sites is 1. The monoisotopic (exact) mass is 368 g/mol. The van der Waals surface area contributed by atoms with E-state index in [2.05, 4.69) is 10.6 Å². The summed E-state index contributed by atoms with van der Waals surface area (Å²) < 4.78 is 5.54. The fourth-order valence-electron chi connectivity index (χ4n) is 2.53. The Labute approximate surface area is 158 Å². The van der Waals surface area contributed by atoms with Crippen LogP contribution in [0.1, 0.15) is 35.3 Å². The normalized spacial score (nSPS) is 11.4. The van der Waals surface area contributed by atoms with Gasteiger partial charge in [-0.3, -0.25) is 14.4 Å². The Hall–Kier alpha value is -3.15. The Morgan fingerprint density at radius 1 is 1.00 bits per heavy atom. The van der Waals surface area contributed by atoms with Gasteiger partial charge < -0.3 is 15.4 Å². The molecule has 0 saturated carbocycles. The minimum absolute atomic E-state index is 0.0396. The topological polar surface area (TPSA) is 84.5 Å². The van der Waals surface area contributed by atoms with Crippen LogP contribution in [0, 0.1) is 13.8 Å². The average molecular weight is 368 g/mol. The summed E-state index contributed by atoms with van der Waals surface area (Å²) in [4.78, 5) is 35.5. The second kappa shape index (κ2) is 8.98. The van der Waals surface area contributed by atoms with Crippen molar-refractivity contribution in [3.63, 3.8) is 0 Å². The van der Waals surface area contributed by atoms with Crippen LogP contribution >= 0.6 is 0 Å². The third-order valence-corrected chi connectivity index (χ3v) is 4.11. The molecule has 0 saturated heterocycles. The quantitative estimate of drug-likeness (QED) is 0.736. The molecule has 0 heterocycles. The van der Waals surface area contributed by atoms with Crippen LogP contribution in [0.4, 0.5) is 5.69 Å². The molecule has 6 heteroatoms. The van der Waals surface area contributed by atoms with Crippen molar-refractivity contribution < 1.29 is 19.1 Å². The Bertz CT molecular complexity index is 824. The van der Waals surface area contributed by atoms with Crippen LogP contribution in [0.25, 0.3) is 0 Å². The minimum atomic E-state index is -0.777. The maximum absolute atomic E-state index is 12.1. The van der Waals surface area contributed by atoms with Crippen molar-refractivity contribution in [3.8, 4) is 5.75 Å². The van der Waals surface area contributed by atoms with E-state index in [1.54, 1.807) is 31.2 Å². The molecule has 6 nitrogen and oxygen atoms in total. The lowest BCUT2D eigenvalue weighted by molar-refractivity contribution is -0.129. The molecule has 2 aromatic rings. The lowest BCUT2D eigenvalue weighted by Gasteiger charge is -2.15. The first-order valence-corrected chi connectivity index (χ1v) is 8.69. The molecule has 0 spiro atoms. The molecule has 2 amide bonds. The zero-order chi connectivity index (χ0) is 20.0. The van der Waals surface area contributed by atoms with E-state index in [-0.39, 0.29) is 18.2 Å². The van der Waals surface area contributed by atoms with Crippen molar-refractivity contribution in [2.45, 2.75) is 33.8 Å². The third-order valence-electron chi connectivity index (χ3n) is 4.11. The van der Waals surface area contributed by atoms with Gasteiger partial charge >= 0.3 is 0 Å². The number of hydrogen-bond acceptors (Lipinski definition) is 4. The molecule has 0 aliphatic rings. The highest BCUT2D eigenvalue weighted by atomic mass is 16.5. The van der Waals surface area contributed by atoms with Crippen molar-refractivity contribution in [1.82, 2.24) is 5.32 Å². The van der Waals surface area contributed by atoms with Gasteiger partial charge in [-0.2, -0.15) is 0 Å². The van der Waals surface area contributed by atoms with E-state index in [9.17, 15) is 14.4 Å². The summed E-state index contributed by atoms with van der Waals surface area (Å²) >= 11 is 0. The van der Waals surface area contributed by atoms with Crippen LogP contribution in [0.15, 0.2) is 42.5 Å². The van der Waals surface area contributed by atoms with E-state index < -0.39 is 12.0 Å². The van der Waals surface area contributed by atoms with Gasteiger partial charge in [0.25, 0.3) is 5.91 Å². The van der Waals surface area contributed by atoms with Gasteiger partial charge in [0.15, 0.2) is 11.9 Å². The molecule has 142 valence electrons. The number of Topliss-reactive ketones (excluding diaryl/α,β-unsaturated/α-hetero) is 1. The molecule has 0 fully saturated rings. The third kappa shape index (κ3) is 5.67. The maximum atomic E-state index is 12.1. The van der Waals surface area contributed by atoms with Crippen LogP contribution < -0.4 is 15.4 Å². The fraction of sp³-hybridized carbons (Fsp3) is 0.286. The summed E-state index contributed by atoms with van der Waals surface area (Å²) in [5, 5.41) is 5.37. The number of aryl methyl sites for hydroxylation is 2. The summed E-state index contributed by atoms with van der Waals surface area (Å²) in [7, 11) is 0. The highest BCUT2D eigenvalue weighted by Crippen LogP contribution is 2.19. The lowest BCUT2D eigenvalue weighted by atomic mass is 10.1. The molecule has 0 radical (unpaired) electrons. The van der Waals surface area contributed by atoms with Crippen LogP contribution in [-0.2, 0) is 9.59 Å². The SMILES string of the molecule is CC(=O)c1ccc(O[C@H](C)C(=O)NCC(=O)Nc2c(C)cccc2C)cc1. The Morgan fingerprint density at radius 2 is 1.59 bits per heavy atom. The number of ether oxygens (including phenoxy) is 1. The molecule has 0 bridgehead atoms. The summed E-state index contributed by atoms with van der Waals surface area (Å²) in [6, 6.07) is 12.3. The molecule has 2 rings (SSSR count). The Kier molecular flexibility index (Phi) is 6.71. The number of carbonyl (C=O) groups is 3. The Balaban J connectivity index is 1.85. The number of rotatable bonds is 7. The first-order valence-electron chi connectivity index (χ1n) is 8.69. The summed E-state index contributed by atoms with van der Waals surface area (Å²) in [5.41, 5.74) is 3.25. The lowest BCUT2D eigenvalue weighted by Crippen LogP contribution is -2.40.